The van der Waals surface area contributed by atoms with Gasteiger partial charge >= 0.3 is 0 Å². The summed E-state index contributed by atoms with van der Waals surface area (Å²) in [5, 5.41) is 0. The summed E-state index contributed by atoms with van der Waals surface area (Å²) in [6, 6.07) is 0.428. The maximum atomic E-state index is 6.18. The Hall–Kier alpha value is -0.0800. The monoisotopic (exact) mass is 198 g/mol. The molecule has 0 spiro atoms. The maximum absolute atomic E-state index is 6.18. The van der Waals surface area contributed by atoms with Crippen molar-refractivity contribution < 1.29 is 0 Å². The molecule has 0 bridgehead atoms. The zero-order chi connectivity index (χ0) is 10.8. The Labute approximate surface area is 88.8 Å². The van der Waals surface area contributed by atoms with Crippen LogP contribution in [0.5, 0.6) is 0 Å². The number of rotatable bonds is 3. The van der Waals surface area contributed by atoms with Crippen LogP contribution in [0, 0.1) is 11.3 Å². The summed E-state index contributed by atoms with van der Waals surface area (Å²) in [5.74, 6) is 0.698. The number of nitrogens with zero attached hydrogens (tertiary/aromatic N) is 1. The maximum Gasteiger partial charge on any atom is 0.00797 e. The van der Waals surface area contributed by atoms with Crippen LogP contribution in [-0.4, -0.2) is 31.1 Å². The van der Waals surface area contributed by atoms with Crippen LogP contribution in [0.15, 0.2) is 0 Å². The van der Waals surface area contributed by atoms with Gasteiger partial charge in [0.25, 0.3) is 0 Å². The van der Waals surface area contributed by atoms with Gasteiger partial charge in [0.15, 0.2) is 0 Å². The van der Waals surface area contributed by atoms with E-state index in [4.69, 9.17) is 5.73 Å². The van der Waals surface area contributed by atoms with E-state index in [1.54, 1.807) is 0 Å². The summed E-state index contributed by atoms with van der Waals surface area (Å²) in [4.78, 5) is 2.38. The van der Waals surface area contributed by atoms with E-state index in [0.717, 1.165) is 6.54 Å². The topological polar surface area (TPSA) is 29.3 Å². The Morgan fingerprint density at radius 2 is 2.07 bits per heavy atom. The van der Waals surface area contributed by atoms with Gasteiger partial charge in [-0.25, -0.2) is 0 Å². The zero-order valence-electron chi connectivity index (χ0n) is 10.2. The molecule has 0 saturated heterocycles. The minimum Gasteiger partial charge on any atom is -0.327 e. The van der Waals surface area contributed by atoms with Crippen molar-refractivity contribution in [1.82, 2.24) is 4.90 Å². The van der Waals surface area contributed by atoms with Crippen molar-refractivity contribution in [3.8, 4) is 0 Å². The summed E-state index contributed by atoms with van der Waals surface area (Å²) in [6.07, 6.45) is 3.79. The highest BCUT2D eigenvalue weighted by molar-refractivity contribution is 4.88. The Morgan fingerprint density at radius 3 is 2.64 bits per heavy atom. The Bertz CT molecular complexity index is 177. The van der Waals surface area contributed by atoms with E-state index in [-0.39, 0.29) is 0 Å². The number of nitrogens with two attached hydrogens (primary N) is 1. The predicted octanol–water partition coefficient (Wildman–Crippen LogP) is 2.09. The van der Waals surface area contributed by atoms with Gasteiger partial charge in [-0.15, -0.1) is 0 Å². The average Bonchev–Trinajstić information content (AvgIpc) is 2.11. The van der Waals surface area contributed by atoms with Crippen molar-refractivity contribution in [3.63, 3.8) is 0 Å². The lowest BCUT2D eigenvalue weighted by Gasteiger charge is -2.40. The first-order valence-electron chi connectivity index (χ1n) is 5.89. The molecule has 2 N–H and O–H groups in total. The SMILES string of the molecule is CCN(C)CC1CC(C)(C)CCC1N. The highest BCUT2D eigenvalue weighted by Gasteiger charge is 2.33. The van der Waals surface area contributed by atoms with Crippen molar-refractivity contribution in [1.29, 1.82) is 0 Å². The Kier molecular flexibility index (Phi) is 3.96. The summed E-state index contributed by atoms with van der Waals surface area (Å²) < 4.78 is 0. The van der Waals surface area contributed by atoms with Crippen molar-refractivity contribution in [2.24, 2.45) is 17.1 Å². The van der Waals surface area contributed by atoms with Crippen LogP contribution in [0.1, 0.15) is 40.0 Å². The van der Waals surface area contributed by atoms with Gasteiger partial charge in [-0.05, 0) is 44.2 Å². The van der Waals surface area contributed by atoms with Crippen molar-refractivity contribution >= 4 is 0 Å². The molecule has 14 heavy (non-hydrogen) atoms. The van der Waals surface area contributed by atoms with E-state index in [1.165, 1.54) is 25.8 Å². The van der Waals surface area contributed by atoms with Crippen molar-refractivity contribution in [2.75, 3.05) is 20.1 Å². The molecule has 2 unspecified atom stereocenters. The number of hydrogen-bond acceptors (Lipinski definition) is 2. The molecule has 0 radical (unpaired) electrons. The molecule has 84 valence electrons. The van der Waals surface area contributed by atoms with Gasteiger partial charge in [0.2, 0.25) is 0 Å². The molecule has 2 nitrogen and oxygen atoms in total. The second-order valence-corrected chi connectivity index (χ2v) is 5.69. The highest BCUT2D eigenvalue weighted by Crippen LogP contribution is 2.38. The smallest absolute Gasteiger partial charge is 0.00797 e. The molecule has 0 heterocycles. The summed E-state index contributed by atoms with van der Waals surface area (Å²) in [6.45, 7) is 9.25. The van der Waals surface area contributed by atoms with Gasteiger partial charge < -0.3 is 10.6 Å². The third-order valence-electron chi connectivity index (χ3n) is 3.66. The van der Waals surface area contributed by atoms with Gasteiger partial charge in [-0.1, -0.05) is 20.8 Å². The van der Waals surface area contributed by atoms with Crippen LogP contribution in [-0.2, 0) is 0 Å². The molecule has 0 aromatic heterocycles. The molecule has 1 saturated carbocycles. The zero-order valence-corrected chi connectivity index (χ0v) is 10.2. The van der Waals surface area contributed by atoms with Gasteiger partial charge in [0.05, 0.1) is 0 Å². The first kappa shape index (κ1) is 12.0. The molecular formula is C12H26N2. The van der Waals surface area contributed by atoms with Crippen LogP contribution in [0.25, 0.3) is 0 Å². The van der Waals surface area contributed by atoms with E-state index in [9.17, 15) is 0 Å². The molecule has 0 aliphatic heterocycles. The van der Waals surface area contributed by atoms with Crippen LogP contribution in [0.3, 0.4) is 0 Å². The molecule has 2 heteroatoms. The van der Waals surface area contributed by atoms with Gasteiger partial charge in [-0.2, -0.15) is 0 Å². The fourth-order valence-corrected chi connectivity index (χ4v) is 2.49. The third kappa shape index (κ3) is 3.25. The molecular weight excluding hydrogens is 172 g/mol. The van der Waals surface area contributed by atoms with Crippen LogP contribution < -0.4 is 5.73 Å². The Morgan fingerprint density at radius 1 is 1.43 bits per heavy atom. The normalized spacial score (nSPS) is 32.1. The quantitative estimate of drug-likeness (QED) is 0.752. The highest BCUT2D eigenvalue weighted by atomic mass is 15.1. The lowest BCUT2D eigenvalue weighted by atomic mass is 9.70. The van der Waals surface area contributed by atoms with E-state index in [0.29, 0.717) is 17.4 Å². The third-order valence-corrected chi connectivity index (χ3v) is 3.66. The standard InChI is InChI=1S/C12H26N2/c1-5-14(4)9-10-8-12(2,3)7-6-11(10)13/h10-11H,5-9,13H2,1-4H3. The number of hydrogen-bond donors (Lipinski definition) is 1. The van der Waals surface area contributed by atoms with Gasteiger partial charge in [-0.3, -0.25) is 0 Å². The lowest BCUT2D eigenvalue weighted by molar-refractivity contribution is 0.127. The van der Waals surface area contributed by atoms with Gasteiger partial charge in [0.1, 0.15) is 0 Å². The second-order valence-electron chi connectivity index (χ2n) is 5.69. The summed E-state index contributed by atoms with van der Waals surface area (Å²) in [5.41, 5.74) is 6.69. The van der Waals surface area contributed by atoms with Crippen LogP contribution in [0.2, 0.25) is 0 Å². The minimum atomic E-state index is 0.428. The molecule has 1 fully saturated rings. The fourth-order valence-electron chi connectivity index (χ4n) is 2.49. The van der Waals surface area contributed by atoms with E-state index in [2.05, 4.69) is 32.7 Å². The molecule has 1 aliphatic rings. The van der Waals surface area contributed by atoms with Gasteiger partial charge in [0, 0.05) is 12.6 Å². The van der Waals surface area contributed by atoms with E-state index >= 15 is 0 Å². The molecule has 0 aromatic carbocycles. The summed E-state index contributed by atoms with van der Waals surface area (Å²) in [7, 11) is 2.19. The first-order valence-corrected chi connectivity index (χ1v) is 5.89. The summed E-state index contributed by atoms with van der Waals surface area (Å²) >= 11 is 0. The molecule has 0 aromatic rings. The predicted molar refractivity (Wildman–Crippen MR) is 62.3 cm³/mol. The molecule has 1 aliphatic carbocycles. The largest absolute Gasteiger partial charge is 0.327 e. The molecule has 2 atom stereocenters. The fraction of sp³-hybridized carbons (Fsp3) is 1.00. The molecule has 1 rings (SSSR count). The Balaban J connectivity index is 2.48. The second kappa shape index (κ2) is 4.63. The van der Waals surface area contributed by atoms with Crippen LogP contribution in [0.4, 0.5) is 0 Å². The lowest BCUT2D eigenvalue weighted by Crippen LogP contribution is -2.44. The molecule has 0 amide bonds. The van der Waals surface area contributed by atoms with Crippen molar-refractivity contribution in [2.45, 2.75) is 46.1 Å². The average molecular weight is 198 g/mol. The van der Waals surface area contributed by atoms with Crippen molar-refractivity contribution in [3.05, 3.63) is 0 Å². The van der Waals surface area contributed by atoms with Crippen LogP contribution >= 0.6 is 0 Å². The van der Waals surface area contributed by atoms with E-state index < -0.39 is 0 Å². The first-order chi connectivity index (χ1) is 6.44. The van der Waals surface area contributed by atoms with E-state index in [1.807, 2.05) is 0 Å². The minimum absolute atomic E-state index is 0.428.